The molecule has 3 rings (SSSR count). The zero-order valence-corrected chi connectivity index (χ0v) is 14.8. The highest BCUT2D eigenvalue weighted by Gasteiger charge is 2.54. The van der Waals surface area contributed by atoms with E-state index >= 15 is 0 Å². The number of thioether (sulfide) groups is 1. The van der Waals surface area contributed by atoms with Crippen LogP contribution in [0.2, 0.25) is 0 Å². The van der Waals surface area contributed by atoms with Gasteiger partial charge in [0.1, 0.15) is 11.4 Å². The molecule has 2 atom stereocenters. The summed E-state index contributed by atoms with van der Waals surface area (Å²) in [7, 11) is 0. The van der Waals surface area contributed by atoms with Crippen LogP contribution in [0.3, 0.4) is 0 Å². The third-order valence-electron chi connectivity index (χ3n) is 3.73. The molecule has 0 bridgehead atoms. The molecule has 25 heavy (non-hydrogen) atoms. The van der Waals surface area contributed by atoms with Crippen molar-refractivity contribution in [3.05, 3.63) is 33.8 Å². The number of thiophene rings is 1. The summed E-state index contributed by atoms with van der Waals surface area (Å²) in [6, 6.07) is 2.92. The van der Waals surface area contributed by atoms with E-state index in [1.54, 1.807) is 0 Å². The Hall–Kier alpha value is -2.33. The smallest absolute Gasteiger partial charge is 0.354 e. The van der Waals surface area contributed by atoms with Crippen LogP contribution in [0.25, 0.3) is 0 Å². The van der Waals surface area contributed by atoms with Gasteiger partial charge in [-0.2, -0.15) is 0 Å². The summed E-state index contributed by atoms with van der Waals surface area (Å²) in [4.78, 5) is 49.2. The van der Waals surface area contributed by atoms with Crippen LogP contribution < -0.4 is 10.6 Å². The summed E-state index contributed by atoms with van der Waals surface area (Å²) in [5.41, 5.74) is -0.0364. The van der Waals surface area contributed by atoms with Crippen molar-refractivity contribution < 1.29 is 24.3 Å². The predicted molar refractivity (Wildman–Crippen MR) is 91.5 cm³/mol. The molecule has 1 aromatic heterocycles. The van der Waals surface area contributed by atoms with Crippen molar-refractivity contribution in [3.63, 3.8) is 0 Å². The first-order chi connectivity index (χ1) is 11.9. The lowest BCUT2D eigenvalue weighted by Gasteiger charge is -2.49. The number of hydrogen-bond donors (Lipinski definition) is 3. The summed E-state index contributed by atoms with van der Waals surface area (Å²) in [6.07, 6.45) is 0.178. The van der Waals surface area contributed by atoms with E-state index in [4.69, 9.17) is 0 Å². The van der Waals surface area contributed by atoms with Gasteiger partial charge in [-0.05, 0) is 11.4 Å². The Bertz CT molecular complexity index is 774. The van der Waals surface area contributed by atoms with Gasteiger partial charge in [-0.15, -0.1) is 23.1 Å². The molecule has 1 fully saturated rings. The number of carbonyl (C=O) groups excluding carboxylic acids is 3. The van der Waals surface area contributed by atoms with Gasteiger partial charge in [-0.1, -0.05) is 6.07 Å². The lowest BCUT2D eigenvalue weighted by molar-refractivity contribution is -0.150. The zero-order valence-electron chi connectivity index (χ0n) is 13.1. The molecule has 1 saturated heterocycles. The number of hydrogen-bond acceptors (Lipinski definition) is 6. The predicted octanol–water partition coefficient (Wildman–Crippen LogP) is 0.123. The van der Waals surface area contributed by atoms with Gasteiger partial charge >= 0.3 is 5.97 Å². The van der Waals surface area contributed by atoms with Crippen LogP contribution in [0.1, 0.15) is 11.8 Å². The molecule has 3 heterocycles. The maximum Gasteiger partial charge on any atom is 0.354 e. The molecule has 0 aromatic carbocycles. The second-order valence-corrected chi connectivity index (χ2v) is 7.66. The van der Waals surface area contributed by atoms with E-state index in [0.29, 0.717) is 0 Å². The van der Waals surface area contributed by atoms with Crippen molar-refractivity contribution >= 4 is 46.8 Å². The second kappa shape index (κ2) is 6.89. The Labute approximate surface area is 151 Å². The maximum absolute atomic E-state index is 12.4. The zero-order chi connectivity index (χ0) is 18.1. The molecular weight excluding hydrogens is 366 g/mol. The first-order valence-electron chi connectivity index (χ1n) is 7.39. The summed E-state index contributed by atoms with van der Waals surface area (Å²) in [6.45, 7) is 1.27. The molecule has 0 aliphatic carbocycles. The van der Waals surface area contributed by atoms with Crippen molar-refractivity contribution in [1.82, 2.24) is 15.5 Å². The molecular formula is C15H15N3O5S2. The average molecular weight is 381 g/mol. The van der Waals surface area contributed by atoms with Crippen LogP contribution in [0.15, 0.2) is 28.9 Å². The molecule has 3 amide bonds. The highest BCUT2D eigenvalue weighted by molar-refractivity contribution is 8.00. The molecule has 3 N–H and O–H groups in total. The number of rotatable bonds is 5. The van der Waals surface area contributed by atoms with E-state index in [2.05, 4.69) is 10.6 Å². The Morgan fingerprint density at radius 3 is 2.76 bits per heavy atom. The fourth-order valence-corrected chi connectivity index (χ4v) is 4.71. The Kier molecular flexibility index (Phi) is 4.82. The van der Waals surface area contributed by atoms with Crippen molar-refractivity contribution in [1.29, 1.82) is 0 Å². The number of fused-ring (bicyclic) bond motifs is 1. The van der Waals surface area contributed by atoms with Crippen LogP contribution in [0.5, 0.6) is 0 Å². The Morgan fingerprint density at radius 1 is 1.40 bits per heavy atom. The van der Waals surface area contributed by atoms with Gasteiger partial charge < -0.3 is 15.7 Å². The SMILES string of the molecule is CC(=O)NC1=C(C(=O)O)N2C(=O)C(NC(=O)Cc3cccs3)[C@H]2SC1. The quantitative estimate of drug-likeness (QED) is 0.624. The molecule has 0 saturated carbocycles. The minimum atomic E-state index is -1.29. The number of nitrogens with one attached hydrogen (secondary N) is 2. The van der Waals surface area contributed by atoms with Gasteiger partial charge in [0, 0.05) is 17.6 Å². The van der Waals surface area contributed by atoms with Crippen molar-refractivity contribution in [3.8, 4) is 0 Å². The standard InChI is InChI=1S/C15H15N3O5S2/c1-7(19)16-9-6-25-14-11(13(21)18(14)12(9)15(22)23)17-10(20)5-8-3-2-4-24-8/h2-4,11,14H,5-6H2,1H3,(H,16,19)(H,17,20)(H,22,23)/t11?,14-/m1/s1. The molecule has 0 spiro atoms. The third-order valence-corrected chi connectivity index (χ3v) is 5.89. The van der Waals surface area contributed by atoms with Gasteiger partial charge in [0.2, 0.25) is 11.8 Å². The maximum atomic E-state index is 12.4. The lowest BCUT2D eigenvalue weighted by Crippen LogP contribution is -2.71. The van der Waals surface area contributed by atoms with Crippen LogP contribution in [0.4, 0.5) is 0 Å². The number of carboxylic acid groups (broad SMARTS) is 1. The molecule has 10 heteroatoms. The highest BCUT2D eigenvalue weighted by atomic mass is 32.2. The number of carbonyl (C=O) groups is 4. The van der Waals surface area contributed by atoms with Crippen LogP contribution in [-0.2, 0) is 25.6 Å². The minimum Gasteiger partial charge on any atom is -0.477 e. The molecule has 2 aliphatic rings. The molecule has 8 nitrogen and oxygen atoms in total. The molecule has 1 unspecified atom stereocenters. The van der Waals surface area contributed by atoms with E-state index in [1.807, 2.05) is 17.5 Å². The summed E-state index contributed by atoms with van der Waals surface area (Å²) >= 11 is 2.75. The van der Waals surface area contributed by atoms with E-state index in [-0.39, 0.29) is 29.5 Å². The number of amides is 3. The van der Waals surface area contributed by atoms with Crippen LogP contribution in [0, 0.1) is 0 Å². The van der Waals surface area contributed by atoms with Crippen molar-refractivity contribution in [2.45, 2.75) is 24.8 Å². The van der Waals surface area contributed by atoms with Gasteiger partial charge in [0.15, 0.2) is 5.70 Å². The summed E-state index contributed by atoms with van der Waals surface area (Å²) < 4.78 is 0. The largest absolute Gasteiger partial charge is 0.477 e. The van der Waals surface area contributed by atoms with Gasteiger partial charge in [-0.25, -0.2) is 4.79 Å². The summed E-state index contributed by atoms with van der Waals surface area (Å²) in [5.74, 6) is -2.22. The average Bonchev–Trinajstić information content (AvgIpc) is 3.04. The van der Waals surface area contributed by atoms with Crippen molar-refractivity contribution in [2.24, 2.45) is 0 Å². The number of carboxylic acids is 1. The lowest BCUT2D eigenvalue weighted by atomic mass is 10.0. The normalized spacial score (nSPS) is 22.1. The molecule has 132 valence electrons. The van der Waals surface area contributed by atoms with E-state index in [0.717, 1.165) is 9.78 Å². The summed E-state index contributed by atoms with van der Waals surface area (Å²) in [5, 5.41) is 15.9. The fourth-order valence-electron chi connectivity index (χ4n) is 2.72. The monoisotopic (exact) mass is 381 g/mol. The Balaban J connectivity index is 1.72. The first-order valence-corrected chi connectivity index (χ1v) is 9.31. The van der Waals surface area contributed by atoms with Gasteiger partial charge in [-0.3, -0.25) is 19.3 Å². The second-order valence-electron chi connectivity index (χ2n) is 5.52. The van der Waals surface area contributed by atoms with Crippen LogP contribution in [-0.4, -0.2) is 50.9 Å². The number of aliphatic carboxylic acids is 1. The molecule has 0 radical (unpaired) electrons. The third kappa shape index (κ3) is 3.40. The number of nitrogens with zero attached hydrogens (tertiary/aromatic N) is 1. The van der Waals surface area contributed by atoms with Gasteiger partial charge in [0.25, 0.3) is 5.91 Å². The Morgan fingerprint density at radius 2 is 2.16 bits per heavy atom. The molecule has 2 aliphatic heterocycles. The highest BCUT2D eigenvalue weighted by Crippen LogP contribution is 2.39. The number of β-lactam (4-membered cyclic amide) rings is 1. The van der Waals surface area contributed by atoms with Crippen molar-refractivity contribution in [2.75, 3.05) is 5.75 Å². The van der Waals surface area contributed by atoms with E-state index in [9.17, 15) is 24.3 Å². The molecule has 1 aromatic rings. The first kappa shape index (κ1) is 17.5. The van der Waals surface area contributed by atoms with E-state index < -0.39 is 29.2 Å². The van der Waals surface area contributed by atoms with Gasteiger partial charge in [0.05, 0.1) is 12.1 Å². The topological polar surface area (TPSA) is 116 Å². The van der Waals surface area contributed by atoms with E-state index in [1.165, 1.54) is 30.0 Å². The van der Waals surface area contributed by atoms with Crippen LogP contribution >= 0.6 is 23.1 Å². The fraction of sp³-hybridized carbons (Fsp3) is 0.333. The minimum absolute atomic E-state index is 0.178.